The molecule has 0 aliphatic carbocycles. The van der Waals surface area contributed by atoms with Crippen LogP contribution in [-0.2, 0) is 13.3 Å². The van der Waals surface area contributed by atoms with E-state index in [1.807, 2.05) is 0 Å². The Kier molecular flexibility index (Phi) is 8.80. The third kappa shape index (κ3) is 5.26. The lowest BCUT2D eigenvalue weighted by molar-refractivity contribution is 0.148. The number of unbranched alkanes of at least 4 members (excludes halogenated alkanes) is 3. The van der Waals surface area contributed by atoms with Gasteiger partial charge in [-0.2, -0.15) is 0 Å². The molecule has 0 amide bonds. The van der Waals surface area contributed by atoms with E-state index < -0.39 is 8.32 Å². The molecule has 0 aliphatic rings. The molecule has 84 valence electrons. The lowest BCUT2D eigenvalue weighted by Gasteiger charge is -2.24. The SMILES string of the molecule is CCCCCC[Si][Si](OC)(OC)OC. The van der Waals surface area contributed by atoms with Gasteiger partial charge in [0.05, 0.1) is 0 Å². The first-order valence-electron chi connectivity index (χ1n) is 5.15. The van der Waals surface area contributed by atoms with Gasteiger partial charge in [-0.3, -0.25) is 0 Å². The lowest BCUT2D eigenvalue weighted by Crippen LogP contribution is -2.49. The Morgan fingerprint density at radius 1 is 0.929 bits per heavy atom. The van der Waals surface area contributed by atoms with Crippen molar-refractivity contribution in [2.24, 2.45) is 0 Å². The summed E-state index contributed by atoms with van der Waals surface area (Å²) >= 11 is 0. The van der Waals surface area contributed by atoms with E-state index in [1.54, 1.807) is 21.3 Å². The molecule has 0 saturated carbocycles. The fourth-order valence-corrected chi connectivity index (χ4v) is 5.67. The summed E-state index contributed by atoms with van der Waals surface area (Å²) in [6.45, 7) is 2.22. The molecule has 0 aromatic carbocycles. The molecule has 0 spiro atoms. The normalized spacial score (nSPS) is 12.0. The van der Waals surface area contributed by atoms with E-state index in [0.29, 0.717) is 9.04 Å². The van der Waals surface area contributed by atoms with Gasteiger partial charge in [-0.15, -0.1) is 0 Å². The highest BCUT2D eigenvalue weighted by Crippen LogP contribution is 2.09. The molecule has 0 heterocycles. The van der Waals surface area contributed by atoms with E-state index in [4.69, 9.17) is 13.3 Å². The summed E-state index contributed by atoms with van der Waals surface area (Å²) in [5.41, 5.74) is 0. The molecule has 0 fully saturated rings. The Hall–Kier alpha value is 0.314. The highest BCUT2D eigenvalue weighted by Gasteiger charge is 2.36. The maximum atomic E-state index is 5.35. The number of hydrogen-bond acceptors (Lipinski definition) is 3. The van der Waals surface area contributed by atoms with Crippen molar-refractivity contribution in [1.29, 1.82) is 0 Å². The van der Waals surface area contributed by atoms with Crippen LogP contribution in [0.4, 0.5) is 0 Å². The first-order valence-corrected chi connectivity index (χ1v) is 9.08. The maximum absolute atomic E-state index is 5.35. The van der Waals surface area contributed by atoms with Gasteiger partial charge in [-0.25, -0.2) is 0 Å². The molecule has 0 aliphatic heterocycles. The second-order valence-electron chi connectivity index (χ2n) is 3.16. The van der Waals surface area contributed by atoms with Crippen molar-refractivity contribution < 1.29 is 13.3 Å². The van der Waals surface area contributed by atoms with Crippen LogP contribution in [0, 0.1) is 0 Å². The fraction of sp³-hybridized carbons (Fsp3) is 1.00. The van der Waals surface area contributed by atoms with Crippen LogP contribution in [0.5, 0.6) is 0 Å². The summed E-state index contributed by atoms with van der Waals surface area (Å²) in [6, 6.07) is 1.17. The summed E-state index contributed by atoms with van der Waals surface area (Å²) in [7, 11) is 3.46. The molecule has 3 nitrogen and oxygen atoms in total. The Bertz CT molecular complexity index is 121. The maximum Gasteiger partial charge on any atom is 0.463 e. The molecule has 0 N–H and O–H groups in total. The van der Waals surface area contributed by atoms with E-state index in [1.165, 1.54) is 31.7 Å². The van der Waals surface area contributed by atoms with Gasteiger partial charge in [0.15, 0.2) is 0 Å². The monoisotopic (exact) mass is 234 g/mol. The van der Waals surface area contributed by atoms with Gasteiger partial charge >= 0.3 is 8.32 Å². The standard InChI is InChI=1S/C9H22O3Si2/c1-5-6-7-8-9-13-14(10-2,11-3)12-4/h5-9H2,1-4H3. The molecule has 0 aromatic rings. The van der Waals surface area contributed by atoms with Crippen LogP contribution in [0.2, 0.25) is 6.04 Å². The van der Waals surface area contributed by atoms with E-state index in [9.17, 15) is 0 Å². The van der Waals surface area contributed by atoms with Crippen molar-refractivity contribution in [1.82, 2.24) is 0 Å². The van der Waals surface area contributed by atoms with Gasteiger partial charge in [0, 0.05) is 21.3 Å². The van der Waals surface area contributed by atoms with Crippen LogP contribution in [0.1, 0.15) is 32.6 Å². The topological polar surface area (TPSA) is 27.7 Å². The molecule has 2 radical (unpaired) electrons. The zero-order valence-electron chi connectivity index (χ0n) is 9.76. The summed E-state index contributed by atoms with van der Waals surface area (Å²) in [5, 5.41) is 0. The van der Waals surface area contributed by atoms with Crippen LogP contribution in [0.3, 0.4) is 0 Å². The average Bonchev–Trinajstić information content (AvgIpc) is 2.24. The molecule has 0 rings (SSSR count). The van der Waals surface area contributed by atoms with Gasteiger partial charge in [0.1, 0.15) is 9.04 Å². The zero-order chi connectivity index (χ0) is 10.9. The van der Waals surface area contributed by atoms with E-state index in [0.717, 1.165) is 0 Å². The Labute approximate surface area is 91.1 Å². The molecular formula is C9H22O3Si2. The van der Waals surface area contributed by atoms with Crippen molar-refractivity contribution in [3.8, 4) is 0 Å². The Balaban J connectivity index is 3.61. The minimum atomic E-state index is -2.25. The van der Waals surface area contributed by atoms with Crippen molar-refractivity contribution >= 4 is 17.4 Å². The molecule has 0 bridgehead atoms. The second-order valence-corrected chi connectivity index (χ2v) is 9.24. The van der Waals surface area contributed by atoms with Crippen LogP contribution in [-0.4, -0.2) is 38.7 Å². The van der Waals surface area contributed by atoms with Crippen molar-refractivity contribution in [3.05, 3.63) is 0 Å². The summed E-state index contributed by atoms with van der Waals surface area (Å²) in [6.07, 6.45) is 5.18. The van der Waals surface area contributed by atoms with Crippen LogP contribution < -0.4 is 0 Å². The number of rotatable bonds is 9. The highest BCUT2D eigenvalue weighted by molar-refractivity contribution is 7.14. The smallest absolute Gasteiger partial charge is 0.380 e. The first kappa shape index (κ1) is 14.3. The van der Waals surface area contributed by atoms with Gasteiger partial charge < -0.3 is 13.3 Å². The quantitative estimate of drug-likeness (QED) is 0.451. The van der Waals surface area contributed by atoms with Gasteiger partial charge in [0.2, 0.25) is 0 Å². The fourth-order valence-electron chi connectivity index (χ4n) is 1.26. The third-order valence-corrected chi connectivity index (χ3v) is 8.71. The van der Waals surface area contributed by atoms with Gasteiger partial charge in [-0.05, 0) is 0 Å². The largest absolute Gasteiger partial charge is 0.463 e. The van der Waals surface area contributed by atoms with E-state index in [-0.39, 0.29) is 0 Å². The first-order chi connectivity index (χ1) is 6.74. The summed E-state index contributed by atoms with van der Waals surface area (Å²) < 4.78 is 16.0. The molecule has 14 heavy (non-hydrogen) atoms. The molecule has 0 atom stereocenters. The Morgan fingerprint density at radius 2 is 1.50 bits per heavy atom. The summed E-state index contributed by atoms with van der Waals surface area (Å²) in [5.74, 6) is 0. The third-order valence-electron chi connectivity index (χ3n) is 2.18. The number of hydrogen-bond donors (Lipinski definition) is 0. The highest BCUT2D eigenvalue weighted by atomic mass is 29.2. The van der Waals surface area contributed by atoms with Crippen molar-refractivity contribution in [2.75, 3.05) is 21.3 Å². The predicted octanol–water partition coefficient (Wildman–Crippen LogP) is 2.06. The van der Waals surface area contributed by atoms with Crippen molar-refractivity contribution in [3.63, 3.8) is 0 Å². The summed E-state index contributed by atoms with van der Waals surface area (Å²) in [4.78, 5) is 0. The lowest BCUT2D eigenvalue weighted by atomic mass is 10.2. The average molecular weight is 234 g/mol. The predicted molar refractivity (Wildman–Crippen MR) is 61.5 cm³/mol. The van der Waals surface area contributed by atoms with E-state index >= 15 is 0 Å². The Morgan fingerprint density at radius 3 is 1.93 bits per heavy atom. The molecule has 0 unspecified atom stereocenters. The molecule has 5 heteroatoms. The van der Waals surface area contributed by atoms with Gasteiger partial charge in [-0.1, -0.05) is 38.7 Å². The van der Waals surface area contributed by atoms with Gasteiger partial charge in [0.25, 0.3) is 0 Å². The zero-order valence-corrected chi connectivity index (χ0v) is 11.8. The van der Waals surface area contributed by atoms with E-state index in [2.05, 4.69) is 6.92 Å². The van der Waals surface area contributed by atoms with Crippen LogP contribution >= 0.6 is 0 Å². The van der Waals surface area contributed by atoms with Crippen LogP contribution in [0.15, 0.2) is 0 Å². The molecule has 0 aromatic heterocycles. The molecule has 0 saturated heterocycles. The second kappa shape index (κ2) is 8.61. The molecular weight excluding hydrogens is 212 g/mol. The minimum Gasteiger partial charge on any atom is -0.380 e. The van der Waals surface area contributed by atoms with Crippen LogP contribution in [0.25, 0.3) is 0 Å². The van der Waals surface area contributed by atoms with Crippen molar-refractivity contribution in [2.45, 2.75) is 38.7 Å². The minimum absolute atomic E-state index is 0.677.